The molecule has 79 heavy (non-hydrogen) atoms. The predicted molar refractivity (Wildman–Crippen MR) is 344 cm³/mol. The maximum atomic E-state index is 12.9. The van der Waals surface area contributed by atoms with Crippen LogP contribution in [0.25, 0.3) is 0 Å². The Morgan fingerprint density at radius 3 is 0.785 bits per heavy atom. The van der Waals surface area contributed by atoms with Crippen LogP contribution in [0.3, 0.4) is 0 Å². The van der Waals surface area contributed by atoms with E-state index in [1.165, 1.54) is 212 Å². The maximum absolute atomic E-state index is 12.9. The number of unbranched alkanes of at least 4 members (excludes halogenated alkanes) is 40. The third kappa shape index (κ3) is 65.5. The Morgan fingerprint density at radius 2 is 0.494 bits per heavy atom. The van der Waals surface area contributed by atoms with E-state index < -0.39 is 6.10 Å². The zero-order valence-electron chi connectivity index (χ0n) is 52.6. The van der Waals surface area contributed by atoms with Crippen LogP contribution in [0.4, 0.5) is 0 Å². The van der Waals surface area contributed by atoms with E-state index in [0.717, 1.165) is 103 Å². The smallest absolute Gasteiger partial charge is 0.306 e. The van der Waals surface area contributed by atoms with E-state index in [9.17, 15) is 14.4 Å². The Kier molecular flexibility index (Phi) is 64.7. The van der Waals surface area contributed by atoms with Crippen molar-refractivity contribution in [2.24, 2.45) is 0 Å². The van der Waals surface area contributed by atoms with Crippen molar-refractivity contribution in [2.45, 2.75) is 361 Å². The van der Waals surface area contributed by atoms with Crippen LogP contribution in [0, 0.1) is 0 Å². The highest BCUT2D eigenvalue weighted by Gasteiger charge is 2.19. The highest BCUT2D eigenvalue weighted by atomic mass is 16.6. The number of carbonyl (C=O) groups excluding carboxylic acids is 3. The Morgan fingerprint density at radius 1 is 0.266 bits per heavy atom. The molecule has 0 radical (unpaired) electrons. The van der Waals surface area contributed by atoms with Crippen LogP contribution < -0.4 is 0 Å². The monoisotopic (exact) mass is 1100 g/mol. The van der Waals surface area contributed by atoms with Crippen molar-refractivity contribution in [1.29, 1.82) is 0 Å². The van der Waals surface area contributed by atoms with Gasteiger partial charge in [0.05, 0.1) is 0 Å². The van der Waals surface area contributed by atoms with Crippen molar-refractivity contribution in [1.82, 2.24) is 0 Å². The third-order valence-corrected chi connectivity index (χ3v) is 15.2. The lowest BCUT2D eigenvalue weighted by molar-refractivity contribution is -0.167. The van der Waals surface area contributed by atoms with Crippen molar-refractivity contribution < 1.29 is 28.6 Å². The molecule has 1 unspecified atom stereocenters. The van der Waals surface area contributed by atoms with Gasteiger partial charge < -0.3 is 14.2 Å². The summed E-state index contributed by atoms with van der Waals surface area (Å²) in [7, 11) is 0. The van der Waals surface area contributed by atoms with Gasteiger partial charge in [0.15, 0.2) is 6.10 Å². The molecule has 0 aromatic rings. The van der Waals surface area contributed by atoms with Crippen LogP contribution in [0.15, 0.2) is 72.9 Å². The average molecular weight is 1100 g/mol. The van der Waals surface area contributed by atoms with Gasteiger partial charge in [-0.15, -0.1) is 0 Å². The van der Waals surface area contributed by atoms with Gasteiger partial charge >= 0.3 is 17.9 Å². The number of allylic oxidation sites excluding steroid dienone is 12. The second kappa shape index (κ2) is 67.4. The summed E-state index contributed by atoms with van der Waals surface area (Å²) >= 11 is 0. The highest BCUT2D eigenvalue weighted by Crippen LogP contribution is 2.17. The molecular weight excluding hydrogens is 973 g/mol. The van der Waals surface area contributed by atoms with Gasteiger partial charge in [0.25, 0.3) is 0 Å². The van der Waals surface area contributed by atoms with Crippen LogP contribution >= 0.6 is 0 Å². The molecule has 0 heterocycles. The quantitative estimate of drug-likeness (QED) is 0.0261. The number of rotatable bonds is 63. The molecule has 0 fully saturated rings. The Bertz CT molecular complexity index is 1450. The predicted octanol–water partition coefficient (Wildman–Crippen LogP) is 23.7. The van der Waals surface area contributed by atoms with E-state index in [1.54, 1.807) is 0 Å². The summed E-state index contributed by atoms with van der Waals surface area (Å²) in [5.74, 6) is -0.884. The van der Waals surface area contributed by atoms with Gasteiger partial charge in [-0.3, -0.25) is 14.4 Å². The van der Waals surface area contributed by atoms with Gasteiger partial charge in [-0.05, 0) is 109 Å². The fourth-order valence-corrected chi connectivity index (χ4v) is 10.0. The van der Waals surface area contributed by atoms with E-state index in [4.69, 9.17) is 14.2 Å². The first-order valence-corrected chi connectivity index (χ1v) is 34.4. The summed E-state index contributed by atoms with van der Waals surface area (Å²) in [6.45, 7) is 6.54. The molecule has 1 atom stereocenters. The fraction of sp³-hybridized carbons (Fsp3) is 0.795. The van der Waals surface area contributed by atoms with E-state index in [-0.39, 0.29) is 31.1 Å². The molecule has 0 aliphatic carbocycles. The Balaban J connectivity index is 4.24. The number of esters is 3. The van der Waals surface area contributed by atoms with Crippen molar-refractivity contribution >= 4 is 17.9 Å². The molecule has 0 saturated heterocycles. The standard InChI is InChI=1S/C73H130O6/c1-4-7-10-13-16-19-22-25-28-30-31-32-33-34-35-36-37-38-39-40-41-43-45-48-51-54-57-60-63-66-72(75)78-69-70(68-77-71(74)65-62-59-56-53-50-47-44-27-24-21-18-15-12-9-6-3)79-73(76)67-64-61-58-55-52-49-46-42-29-26-23-20-17-14-11-8-5-2/h9,12,18,21-22,25-27,29-31,44,70H,4-8,10-11,13-17,19-20,23-24,28,32-43,45-69H2,1-3H3/b12-9-,21-18-,25-22-,29-26-,31-30-,44-27-. The van der Waals surface area contributed by atoms with Crippen molar-refractivity contribution in [2.75, 3.05) is 13.2 Å². The van der Waals surface area contributed by atoms with Crippen molar-refractivity contribution in [3.05, 3.63) is 72.9 Å². The lowest BCUT2D eigenvalue weighted by atomic mass is 10.0. The number of carbonyl (C=O) groups is 3. The molecule has 0 aromatic heterocycles. The number of hydrogen-bond acceptors (Lipinski definition) is 6. The molecule has 0 rings (SSSR count). The molecule has 0 aliphatic rings. The topological polar surface area (TPSA) is 78.9 Å². The molecule has 0 spiro atoms. The van der Waals surface area contributed by atoms with Gasteiger partial charge in [-0.25, -0.2) is 0 Å². The summed E-state index contributed by atoms with van der Waals surface area (Å²) in [4.78, 5) is 38.4. The summed E-state index contributed by atoms with van der Waals surface area (Å²) in [6.07, 6.45) is 87.8. The molecule has 0 saturated carbocycles. The van der Waals surface area contributed by atoms with Gasteiger partial charge in [0.1, 0.15) is 13.2 Å². The molecule has 0 aliphatic heterocycles. The first-order chi connectivity index (χ1) is 39.0. The molecule has 0 N–H and O–H groups in total. The molecular formula is C73H130O6. The van der Waals surface area contributed by atoms with Crippen LogP contribution in [0.1, 0.15) is 355 Å². The lowest BCUT2D eigenvalue weighted by Gasteiger charge is -2.18. The highest BCUT2D eigenvalue weighted by molar-refractivity contribution is 5.71. The molecule has 0 bridgehead atoms. The third-order valence-electron chi connectivity index (χ3n) is 15.2. The maximum Gasteiger partial charge on any atom is 0.306 e. The van der Waals surface area contributed by atoms with E-state index in [2.05, 4.69) is 93.7 Å². The van der Waals surface area contributed by atoms with E-state index >= 15 is 0 Å². The molecule has 0 aromatic carbocycles. The van der Waals surface area contributed by atoms with Crippen LogP contribution in [-0.2, 0) is 28.6 Å². The van der Waals surface area contributed by atoms with Crippen LogP contribution in [-0.4, -0.2) is 37.2 Å². The van der Waals surface area contributed by atoms with Gasteiger partial charge in [0, 0.05) is 19.3 Å². The largest absolute Gasteiger partial charge is 0.462 e. The lowest BCUT2D eigenvalue weighted by Crippen LogP contribution is -2.30. The number of hydrogen-bond donors (Lipinski definition) is 0. The molecule has 6 heteroatoms. The van der Waals surface area contributed by atoms with Crippen LogP contribution in [0.5, 0.6) is 0 Å². The second-order valence-electron chi connectivity index (χ2n) is 23.1. The second-order valence-corrected chi connectivity index (χ2v) is 23.1. The SMILES string of the molecule is CC/C=C\C/C=C\C/C=C\CCCCCCCC(=O)OCC(COC(=O)CCCCCCCCCCCCCCCCCCC/C=C\C/C=C\CCCCCCC)OC(=O)CCCCCCCCC/C=C\CCCCCCCC. The fourth-order valence-electron chi connectivity index (χ4n) is 10.0. The minimum absolute atomic E-state index is 0.0799. The van der Waals surface area contributed by atoms with Crippen molar-refractivity contribution in [3.63, 3.8) is 0 Å². The van der Waals surface area contributed by atoms with Gasteiger partial charge in [-0.2, -0.15) is 0 Å². The van der Waals surface area contributed by atoms with Gasteiger partial charge in [-0.1, -0.05) is 299 Å². The molecule has 0 amide bonds. The Labute approximate surface area is 491 Å². The first kappa shape index (κ1) is 75.8. The Hall–Kier alpha value is -3.15. The molecule has 6 nitrogen and oxygen atoms in total. The van der Waals surface area contributed by atoms with Crippen LogP contribution in [0.2, 0.25) is 0 Å². The minimum atomic E-state index is -0.785. The average Bonchev–Trinajstić information content (AvgIpc) is 3.45. The minimum Gasteiger partial charge on any atom is -0.462 e. The van der Waals surface area contributed by atoms with E-state index in [1.807, 2.05) is 0 Å². The molecule has 458 valence electrons. The summed E-state index contributed by atoms with van der Waals surface area (Å²) < 4.78 is 17.0. The van der Waals surface area contributed by atoms with E-state index in [0.29, 0.717) is 19.3 Å². The van der Waals surface area contributed by atoms with Gasteiger partial charge in [0.2, 0.25) is 0 Å². The zero-order chi connectivity index (χ0) is 57.1. The normalized spacial score (nSPS) is 12.5. The summed E-state index contributed by atoms with van der Waals surface area (Å²) in [6, 6.07) is 0. The number of ether oxygens (including phenoxy) is 3. The van der Waals surface area contributed by atoms with Crippen molar-refractivity contribution in [3.8, 4) is 0 Å². The first-order valence-electron chi connectivity index (χ1n) is 34.4. The summed E-state index contributed by atoms with van der Waals surface area (Å²) in [5, 5.41) is 0. The zero-order valence-corrected chi connectivity index (χ0v) is 52.6. The summed E-state index contributed by atoms with van der Waals surface area (Å²) in [5.41, 5.74) is 0.